The zero-order valence-corrected chi connectivity index (χ0v) is 17.8. The number of aryl methyl sites for hydroxylation is 1. The van der Waals surface area contributed by atoms with Gasteiger partial charge in [-0.05, 0) is 68.1 Å². The van der Waals surface area contributed by atoms with Gasteiger partial charge in [0.05, 0.1) is 18.2 Å². The third-order valence-electron chi connectivity index (χ3n) is 5.09. The summed E-state index contributed by atoms with van der Waals surface area (Å²) in [4.78, 5) is 17.7. The van der Waals surface area contributed by atoms with Crippen molar-refractivity contribution in [3.8, 4) is 0 Å². The first-order chi connectivity index (χ1) is 13.7. The second-order valence-corrected chi connectivity index (χ2v) is 8.45. The molecule has 8 heteroatoms. The molecule has 0 unspecified atom stereocenters. The van der Waals surface area contributed by atoms with Gasteiger partial charge < -0.3 is 10.1 Å². The maximum Gasteiger partial charge on any atom is 0.252 e. The molecule has 0 bridgehead atoms. The molecule has 2 heterocycles. The summed E-state index contributed by atoms with van der Waals surface area (Å²) < 4.78 is 1.82. The van der Waals surface area contributed by atoms with Gasteiger partial charge in [-0.15, -0.1) is 5.10 Å². The number of aromatic amines is 1. The lowest BCUT2D eigenvalue weighted by Crippen LogP contribution is -2.36. The number of benzene rings is 1. The van der Waals surface area contributed by atoms with Crippen LogP contribution >= 0.6 is 0 Å². The molecule has 0 saturated carbocycles. The van der Waals surface area contributed by atoms with E-state index < -0.39 is 0 Å². The van der Waals surface area contributed by atoms with E-state index in [0.29, 0.717) is 18.7 Å². The summed E-state index contributed by atoms with van der Waals surface area (Å²) in [6.45, 7) is 11.0. The van der Waals surface area contributed by atoms with Gasteiger partial charge in [0, 0.05) is 24.2 Å². The number of tetrazole rings is 1. The lowest BCUT2D eigenvalue weighted by Gasteiger charge is -2.31. The molecule has 0 aliphatic rings. The molecule has 3 aromatic rings. The molecule has 0 spiro atoms. The van der Waals surface area contributed by atoms with E-state index in [1.165, 1.54) is 0 Å². The minimum absolute atomic E-state index is 0.0157. The average molecular weight is 399 g/mol. The molecule has 0 fully saturated rings. The Labute approximate surface area is 170 Å². The number of hydrogen-bond donors (Lipinski definition) is 2. The Morgan fingerprint density at radius 3 is 2.69 bits per heavy atom. The second-order valence-electron chi connectivity index (χ2n) is 8.45. The zero-order valence-electron chi connectivity index (χ0n) is 17.8. The van der Waals surface area contributed by atoms with Crippen molar-refractivity contribution in [3.63, 3.8) is 0 Å². The van der Waals surface area contributed by atoms with Crippen molar-refractivity contribution in [2.75, 3.05) is 13.2 Å². The Kier molecular flexibility index (Phi) is 6.14. The van der Waals surface area contributed by atoms with E-state index in [9.17, 15) is 9.90 Å². The number of fused-ring (bicyclic) bond motifs is 1. The van der Waals surface area contributed by atoms with E-state index in [1.807, 2.05) is 50.6 Å². The first-order valence-corrected chi connectivity index (χ1v) is 10.0. The highest BCUT2D eigenvalue weighted by molar-refractivity contribution is 5.79. The van der Waals surface area contributed by atoms with Gasteiger partial charge in [0.2, 0.25) is 0 Å². The first kappa shape index (κ1) is 21.1. The van der Waals surface area contributed by atoms with Crippen LogP contribution in [0.15, 0.2) is 29.1 Å². The fourth-order valence-electron chi connectivity index (χ4n) is 3.66. The van der Waals surface area contributed by atoms with E-state index in [2.05, 4.69) is 38.4 Å². The van der Waals surface area contributed by atoms with E-state index >= 15 is 0 Å². The molecular formula is C21H30N6O2. The Morgan fingerprint density at radius 1 is 1.28 bits per heavy atom. The molecule has 0 aliphatic heterocycles. The summed E-state index contributed by atoms with van der Waals surface area (Å²) in [7, 11) is 0. The molecule has 2 N–H and O–H groups in total. The number of nitrogens with zero attached hydrogens (tertiary/aromatic N) is 5. The molecule has 0 amide bonds. The summed E-state index contributed by atoms with van der Waals surface area (Å²) in [5, 5.41) is 23.0. The normalized spacial score (nSPS) is 13.3. The van der Waals surface area contributed by atoms with E-state index in [-0.39, 0.29) is 23.7 Å². The molecule has 0 saturated heterocycles. The minimum atomic E-state index is -0.269. The van der Waals surface area contributed by atoms with Crippen molar-refractivity contribution in [1.82, 2.24) is 30.1 Å². The monoisotopic (exact) mass is 398 g/mol. The van der Waals surface area contributed by atoms with Gasteiger partial charge in [-0.1, -0.05) is 18.6 Å². The number of rotatable bonds is 7. The highest BCUT2D eigenvalue weighted by Crippen LogP contribution is 2.27. The fourth-order valence-corrected chi connectivity index (χ4v) is 3.66. The summed E-state index contributed by atoms with van der Waals surface area (Å²) in [6.07, 6.45) is 0.751. The summed E-state index contributed by atoms with van der Waals surface area (Å²) in [6, 6.07) is 7.78. The number of H-pyrrole nitrogens is 1. The van der Waals surface area contributed by atoms with E-state index in [1.54, 1.807) is 0 Å². The van der Waals surface area contributed by atoms with Gasteiger partial charge >= 0.3 is 0 Å². The van der Waals surface area contributed by atoms with Crippen molar-refractivity contribution in [3.05, 3.63) is 51.6 Å². The van der Waals surface area contributed by atoms with Crippen LogP contribution in [0.25, 0.3) is 10.9 Å². The van der Waals surface area contributed by atoms with Crippen LogP contribution in [0.1, 0.15) is 57.1 Å². The third kappa shape index (κ3) is 4.54. The van der Waals surface area contributed by atoms with Crippen molar-refractivity contribution in [1.29, 1.82) is 0 Å². The predicted molar refractivity (Wildman–Crippen MR) is 113 cm³/mol. The van der Waals surface area contributed by atoms with Crippen molar-refractivity contribution >= 4 is 10.9 Å². The number of aliphatic hydroxyl groups is 1. The smallest absolute Gasteiger partial charge is 0.252 e. The van der Waals surface area contributed by atoms with E-state index in [0.717, 1.165) is 28.7 Å². The summed E-state index contributed by atoms with van der Waals surface area (Å²) in [5.41, 5.74) is 2.23. The quantitative estimate of drug-likeness (QED) is 0.634. The molecule has 8 nitrogen and oxygen atoms in total. The lowest BCUT2D eigenvalue weighted by molar-refractivity contribution is 0.127. The van der Waals surface area contributed by atoms with Crippen molar-refractivity contribution in [2.24, 2.45) is 0 Å². The molecule has 1 atom stereocenters. The number of nitrogens with one attached hydrogen (secondary N) is 1. The number of hydrogen-bond acceptors (Lipinski definition) is 6. The molecule has 0 radical (unpaired) electrons. The highest BCUT2D eigenvalue weighted by atomic mass is 16.3. The summed E-state index contributed by atoms with van der Waals surface area (Å²) in [5.74, 6) is 0.738. The first-order valence-electron chi connectivity index (χ1n) is 10.0. The minimum Gasteiger partial charge on any atom is -0.395 e. The Hall–Kier alpha value is -2.58. The molecular weight excluding hydrogens is 368 g/mol. The Bertz CT molecular complexity index is 1030. The Morgan fingerprint density at radius 2 is 2.03 bits per heavy atom. The molecule has 156 valence electrons. The predicted octanol–water partition coefficient (Wildman–Crippen LogP) is 2.52. The summed E-state index contributed by atoms with van der Waals surface area (Å²) >= 11 is 0. The van der Waals surface area contributed by atoms with Crippen LogP contribution in [0.5, 0.6) is 0 Å². The number of aromatic nitrogens is 5. The van der Waals surface area contributed by atoms with Gasteiger partial charge in [-0.3, -0.25) is 9.69 Å². The van der Waals surface area contributed by atoms with Crippen molar-refractivity contribution < 1.29 is 5.11 Å². The topological polar surface area (TPSA) is 99.9 Å². The SMILES string of the molecule is CC[C@H](c1nnnn1C(C)(C)C)N(CCO)Cc1cc2cc(C)ccc2[nH]c1=O. The standard InChI is InChI=1S/C21H30N6O2/c1-6-18(19-23-24-25-27(19)21(3,4)5)26(9-10-28)13-16-12-15-11-14(2)7-8-17(15)22-20(16)29/h7-8,11-12,18,28H,6,9-10,13H2,1-5H3,(H,22,29)/t18-/m1/s1. The number of pyridine rings is 1. The van der Waals surface area contributed by atoms with Gasteiger partial charge in [0.25, 0.3) is 5.56 Å². The number of aliphatic hydroxyl groups excluding tert-OH is 1. The lowest BCUT2D eigenvalue weighted by atomic mass is 10.1. The van der Waals surface area contributed by atoms with E-state index in [4.69, 9.17) is 0 Å². The molecule has 1 aromatic carbocycles. The zero-order chi connectivity index (χ0) is 21.2. The molecule has 3 rings (SSSR count). The van der Waals surface area contributed by atoms with Crippen LogP contribution < -0.4 is 5.56 Å². The second kappa shape index (κ2) is 8.42. The van der Waals surface area contributed by atoms with Crippen LogP contribution in [-0.4, -0.2) is 48.3 Å². The van der Waals surface area contributed by atoms with Crippen LogP contribution in [0.3, 0.4) is 0 Å². The van der Waals surface area contributed by atoms with Gasteiger partial charge in [-0.25, -0.2) is 4.68 Å². The van der Waals surface area contributed by atoms with Crippen LogP contribution in [-0.2, 0) is 12.1 Å². The molecule has 2 aromatic heterocycles. The molecule has 29 heavy (non-hydrogen) atoms. The van der Waals surface area contributed by atoms with Gasteiger partial charge in [0.1, 0.15) is 0 Å². The third-order valence-corrected chi connectivity index (χ3v) is 5.09. The van der Waals surface area contributed by atoms with Gasteiger partial charge in [0.15, 0.2) is 5.82 Å². The molecule has 0 aliphatic carbocycles. The van der Waals surface area contributed by atoms with Crippen LogP contribution in [0.4, 0.5) is 0 Å². The van der Waals surface area contributed by atoms with Gasteiger partial charge in [-0.2, -0.15) is 0 Å². The maximum atomic E-state index is 12.7. The maximum absolute atomic E-state index is 12.7. The highest BCUT2D eigenvalue weighted by Gasteiger charge is 2.29. The van der Waals surface area contributed by atoms with Crippen LogP contribution in [0.2, 0.25) is 0 Å². The largest absolute Gasteiger partial charge is 0.395 e. The fraction of sp³-hybridized carbons (Fsp3) is 0.524. The average Bonchev–Trinajstić information content (AvgIpc) is 3.13. The Balaban J connectivity index is 1.99. The van der Waals surface area contributed by atoms with Crippen molar-refractivity contribution in [2.45, 2.75) is 59.2 Å². The van der Waals surface area contributed by atoms with Crippen LogP contribution in [0, 0.1) is 6.92 Å².